The average Bonchev–Trinajstić information content (AvgIpc) is 3.15. The second-order valence-electron chi connectivity index (χ2n) is 5.91. The van der Waals surface area contributed by atoms with Crippen LogP contribution >= 0.6 is 0 Å². The molecule has 0 saturated heterocycles. The Morgan fingerprint density at radius 1 is 1.36 bits per heavy atom. The molecule has 3 N–H and O–H groups in total. The molecule has 1 aromatic carbocycles. The molecule has 0 radical (unpaired) electrons. The molecular formula is C18H14F3N5O2. The molecular weight excluding hydrogens is 375 g/mol. The number of alkyl halides is 3. The quantitative estimate of drug-likeness (QED) is 0.745. The lowest BCUT2D eigenvalue weighted by atomic mass is 10.1. The van der Waals surface area contributed by atoms with Crippen LogP contribution in [-0.2, 0) is 17.5 Å². The zero-order valence-corrected chi connectivity index (χ0v) is 14.3. The number of carbonyl (C=O) groups excluding carboxylic acids is 1. The Morgan fingerprint density at radius 2 is 2.07 bits per heavy atom. The Labute approximate surface area is 157 Å². The molecule has 0 spiro atoms. The number of carbonyl (C=O) groups is 1. The Balaban J connectivity index is 1.66. The zero-order valence-electron chi connectivity index (χ0n) is 14.3. The molecule has 3 rings (SSSR count). The summed E-state index contributed by atoms with van der Waals surface area (Å²) in [5.41, 5.74) is 0.131. The standard InChI is InChI=1S/C18H14F3N5O2/c19-18(20,21)13-3-1-11(2-4-13)7-24-17(28)14-9-23-16(5-15(14)27)26-10-12(6-22)8-25-26/h1-5,8,10,23,27H,7,9H2,(H,24,28). The van der Waals surface area contributed by atoms with E-state index in [1.807, 2.05) is 6.07 Å². The number of aromatic nitrogens is 2. The van der Waals surface area contributed by atoms with Gasteiger partial charge in [0, 0.05) is 12.6 Å². The maximum Gasteiger partial charge on any atom is 0.416 e. The van der Waals surface area contributed by atoms with Crippen LogP contribution < -0.4 is 10.6 Å². The fourth-order valence-electron chi connectivity index (χ4n) is 2.49. The second-order valence-corrected chi connectivity index (χ2v) is 5.91. The zero-order chi connectivity index (χ0) is 20.3. The number of aliphatic hydroxyl groups is 1. The average molecular weight is 389 g/mol. The van der Waals surface area contributed by atoms with E-state index in [-0.39, 0.29) is 24.4 Å². The molecule has 1 aromatic heterocycles. The summed E-state index contributed by atoms with van der Waals surface area (Å²) in [5.74, 6) is -0.440. The van der Waals surface area contributed by atoms with Crippen molar-refractivity contribution in [3.05, 3.63) is 70.8 Å². The number of rotatable bonds is 4. The molecule has 0 unspecified atom stereocenters. The number of amides is 1. The van der Waals surface area contributed by atoms with Crippen LogP contribution in [0.5, 0.6) is 0 Å². The molecule has 2 heterocycles. The van der Waals surface area contributed by atoms with E-state index in [0.29, 0.717) is 16.9 Å². The molecule has 2 aromatic rings. The van der Waals surface area contributed by atoms with Gasteiger partial charge in [-0.3, -0.25) is 4.79 Å². The van der Waals surface area contributed by atoms with Gasteiger partial charge in [0.15, 0.2) is 0 Å². The highest BCUT2D eigenvalue weighted by molar-refractivity contribution is 5.95. The smallest absolute Gasteiger partial charge is 0.416 e. The number of nitrogens with zero attached hydrogens (tertiary/aromatic N) is 3. The summed E-state index contributed by atoms with van der Waals surface area (Å²) >= 11 is 0. The molecule has 0 bridgehead atoms. The Hall–Kier alpha value is -3.74. The van der Waals surface area contributed by atoms with E-state index in [2.05, 4.69) is 15.7 Å². The van der Waals surface area contributed by atoms with Gasteiger partial charge in [-0.05, 0) is 17.7 Å². The van der Waals surface area contributed by atoms with E-state index in [9.17, 15) is 23.1 Å². The highest BCUT2D eigenvalue weighted by Gasteiger charge is 2.30. The van der Waals surface area contributed by atoms with Crippen molar-refractivity contribution in [3.8, 4) is 6.07 Å². The first-order chi connectivity index (χ1) is 13.3. The minimum atomic E-state index is -4.42. The van der Waals surface area contributed by atoms with Gasteiger partial charge in [-0.15, -0.1) is 0 Å². The van der Waals surface area contributed by atoms with Gasteiger partial charge < -0.3 is 15.7 Å². The van der Waals surface area contributed by atoms with Crippen LogP contribution in [0.3, 0.4) is 0 Å². The third kappa shape index (κ3) is 4.15. The number of hydrogen-bond donors (Lipinski definition) is 3. The Kier molecular flexibility index (Phi) is 5.08. The molecule has 0 aliphatic carbocycles. The van der Waals surface area contributed by atoms with Crippen LogP contribution in [0.2, 0.25) is 0 Å². The first kappa shape index (κ1) is 19.0. The molecule has 1 amide bonds. The number of halogens is 3. The minimum Gasteiger partial charge on any atom is -0.507 e. The fraction of sp³-hybridized carbons (Fsp3) is 0.167. The summed E-state index contributed by atoms with van der Waals surface area (Å²) in [7, 11) is 0. The number of benzene rings is 1. The molecule has 144 valence electrons. The van der Waals surface area contributed by atoms with E-state index in [1.165, 1.54) is 35.3 Å². The van der Waals surface area contributed by atoms with Crippen LogP contribution in [0.25, 0.3) is 5.82 Å². The monoisotopic (exact) mass is 389 g/mol. The summed E-state index contributed by atoms with van der Waals surface area (Å²) in [4.78, 5) is 12.3. The van der Waals surface area contributed by atoms with E-state index < -0.39 is 17.6 Å². The van der Waals surface area contributed by atoms with Crippen molar-refractivity contribution in [2.75, 3.05) is 6.54 Å². The molecule has 0 fully saturated rings. The lowest BCUT2D eigenvalue weighted by molar-refractivity contribution is -0.137. The van der Waals surface area contributed by atoms with Crippen molar-refractivity contribution in [3.63, 3.8) is 0 Å². The normalized spacial score (nSPS) is 14.1. The number of aliphatic hydroxyl groups excluding tert-OH is 1. The molecule has 0 saturated carbocycles. The van der Waals surface area contributed by atoms with Crippen molar-refractivity contribution in [2.45, 2.75) is 12.7 Å². The predicted octanol–water partition coefficient (Wildman–Crippen LogP) is 2.30. The van der Waals surface area contributed by atoms with Crippen molar-refractivity contribution in [1.82, 2.24) is 20.4 Å². The lowest BCUT2D eigenvalue weighted by Crippen LogP contribution is -2.33. The van der Waals surface area contributed by atoms with Crippen LogP contribution in [-0.4, -0.2) is 27.3 Å². The number of dihydropyridines is 1. The SMILES string of the molecule is N#Cc1cnn(C2=CC(O)=C(C(=O)NCc3ccc(C(F)(F)F)cc3)CN2)c1. The Bertz CT molecular complexity index is 997. The second kappa shape index (κ2) is 7.48. The van der Waals surface area contributed by atoms with E-state index in [0.717, 1.165) is 12.1 Å². The highest BCUT2D eigenvalue weighted by atomic mass is 19.4. The van der Waals surface area contributed by atoms with Gasteiger partial charge in [0.25, 0.3) is 5.91 Å². The van der Waals surface area contributed by atoms with Gasteiger partial charge in [-0.25, -0.2) is 4.68 Å². The number of nitriles is 1. The van der Waals surface area contributed by atoms with E-state index in [4.69, 9.17) is 5.26 Å². The first-order valence-electron chi connectivity index (χ1n) is 8.05. The van der Waals surface area contributed by atoms with Crippen molar-refractivity contribution < 1.29 is 23.1 Å². The van der Waals surface area contributed by atoms with Gasteiger partial charge in [0.05, 0.1) is 35.6 Å². The van der Waals surface area contributed by atoms with Gasteiger partial charge in [0.2, 0.25) is 0 Å². The summed E-state index contributed by atoms with van der Waals surface area (Å²) in [6.07, 6.45) is -0.305. The van der Waals surface area contributed by atoms with Gasteiger partial charge in [-0.2, -0.15) is 23.5 Å². The molecule has 7 nitrogen and oxygen atoms in total. The number of hydrogen-bond acceptors (Lipinski definition) is 5. The van der Waals surface area contributed by atoms with E-state index in [1.54, 1.807) is 0 Å². The maximum absolute atomic E-state index is 12.6. The summed E-state index contributed by atoms with van der Waals surface area (Å²) in [6, 6.07) is 6.36. The molecule has 1 aliphatic rings. The molecule has 10 heteroatoms. The third-order valence-electron chi connectivity index (χ3n) is 4.00. The Morgan fingerprint density at radius 3 is 2.64 bits per heavy atom. The summed E-state index contributed by atoms with van der Waals surface area (Å²) in [5, 5.41) is 28.4. The van der Waals surface area contributed by atoms with Gasteiger partial charge in [0.1, 0.15) is 17.6 Å². The minimum absolute atomic E-state index is 0.00894. The van der Waals surface area contributed by atoms with Crippen LogP contribution in [0, 0.1) is 11.3 Å². The molecule has 0 atom stereocenters. The van der Waals surface area contributed by atoms with Crippen LogP contribution in [0.4, 0.5) is 13.2 Å². The number of allylic oxidation sites excluding steroid dienone is 1. The fourth-order valence-corrected chi connectivity index (χ4v) is 2.49. The summed E-state index contributed by atoms with van der Waals surface area (Å²) in [6.45, 7) is 0.0211. The van der Waals surface area contributed by atoms with Crippen molar-refractivity contribution in [2.24, 2.45) is 0 Å². The van der Waals surface area contributed by atoms with Crippen LogP contribution in [0.1, 0.15) is 16.7 Å². The first-order valence-corrected chi connectivity index (χ1v) is 8.05. The lowest BCUT2D eigenvalue weighted by Gasteiger charge is -2.19. The van der Waals surface area contributed by atoms with Crippen molar-refractivity contribution in [1.29, 1.82) is 5.26 Å². The molecule has 1 aliphatic heterocycles. The van der Waals surface area contributed by atoms with E-state index >= 15 is 0 Å². The van der Waals surface area contributed by atoms with Gasteiger partial charge in [-0.1, -0.05) is 12.1 Å². The largest absolute Gasteiger partial charge is 0.507 e. The van der Waals surface area contributed by atoms with Crippen LogP contribution in [0.15, 0.2) is 54.1 Å². The number of nitrogens with one attached hydrogen (secondary N) is 2. The maximum atomic E-state index is 12.6. The topological polar surface area (TPSA) is 103 Å². The molecule has 28 heavy (non-hydrogen) atoms. The highest BCUT2D eigenvalue weighted by Crippen LogP contribution is 2.29. The van der Waals surface area contributed by atoms with Gasteiger partial charge >= 0.3 is 6.18 Å². The van der Waals surface area contributed by atoms with Crippen molar-refractivity contribution >= 4 is 11.7 Å². The summed E-state index contributed by atoms with van der Waals surface area (Å²) < 4.78 is 39.0. The predicted molar refractivity (Wildman–Crippen MR) is 92.2 cm³/mol. The third-order valence-corrected chi connectivity index (χ3v) is 4.00.